The molecule has 0 aromatic carbocycles. The average molecular weight is 318 g/mol. The van der Waals surface area contributed by atoms with Gasteiger partial charge in [-0.15, -0.1) is 6.58 Å². The van der Waals surface area contributed by atoms with Gasteiger partial charge < -0.3 is 20.3 Å². The minimum Gasteiger partial charge on any atom is -0.381 e. The van der Waals surface area contributed by atoms with E-state index in [0.717, 1.165) is 38.4 Å². The number of nitrogens with zero attached hydrogens (tertiary/aromatic N) is 2. The second kappa shape index (κ2) is 8.08. The number of rotatable bonds is 7. The van der Waals surface area contributed by atoms with Crippen molar-refractivity contribution in [2.24, 2.45) is 0 Å². The van der Waals surface area contributed by atoms with Gasteiger partial charge in [-0.25, -0.2) is 4.98 Å². The van der Waals surface area contributed by atoms with Crippen LogP contribution < -0.4 is 10.6 Å². The van der Waals surface area contributed by atoms with Crippen molar-refractivity contribution in [3.05, 3.63) is 36.5 Å². The maximum atomic E-state index is 11.8. The van der Waals surface area contributed by atoms with Crippen LogP contribution in [0.1, 0.15) is 23.2 Å². The Hall–Kier alpha value is -1.92. The number of ether oxygens (including phenoxy) is 1. The van der Waals surface area contributed by atoms with Gasteiger partial charge >= 0.3 is 0 Å². The lowest BCUT2D eigenvalue weighted by Gasteiger charge is -2.43. The van der Waals surface area contributed by atoms with E-state index in [1.54, 1.807) is 18.3 Å². The fourth-order valence-electron chi connectivity index (χ4n) is 2.69. The summed E-state index contributed by atoms with van der Waals surface area (Å²) < 4.78 is 5.48. The smallest absolute Gasteiger partial charge is 0.253 e. The molecule has 126 valence electrons. The number of likely N-dealkylation sites (N-methyl/N-ethyl adjacent to an activating group) is 1. The van der Waals surface area contributed by atoms with Gasteiger partial charge in [0, 0.05) is 38.0 Å². The summed E-state index contributed by atoms with van der Waals surface area (Å²) in [5, 5.41) is 6.12. The largest absolute Gasteiger partial charge is 0.381 e. The zero-order chi connectivity index (χ0) is 16.7. The first-order valence-electron chi connectivity index (χ1n) is 7.91. The Bertz CT molecular complexity index is 522. The van der Waals surface area contributed by atoms with Crippen LogP contribution in [0.15, 0.2) is 31.0 Å². The van der Waals surface area contributed by atoms with Crippen molar-refractivity contribution >= 4 is 11.7 Å². The molecule has 2 heterocycles. The highest BCUT2D eigenvalue weighted by Gasteiger charge is 2.34. The van der Waals surface area contributed by atoms with Gasteiger partial charge in [0.15, 0.2) is 0 Å². The summed E-state index contributed by atoms with van der Waals surface area (Å²) in [5.74, 6) is 0.635. The molecule has 23 heavy (non-hydrogen) atoms. The van der Waals surface area contributed by atoms with Crippen molar-refractivity contribution in [1.29, 1.82) is 0 Å². The van der Waals surface area contributed by atoms with E-state index in [-0.39, 0.29) is 11.4 Å². The van der Waals surface area contributed by atoms with E-state index in [9.17, 15) is 4.79 Å². The molecule has 0 spiro atoms. The Morgan fingerprint density at radius 1 is 1.43 bits per heavy atom. The van der Waals surface area contributed by atoms with Crippen molar-refractivity contribution in [3.8, 4) is 0 Å². The molecule has 0 radical (unpaired) electrons. The fourth-order valence-corrected chi connectivity index (χ4v) is 2.69. The van der Waals surface area contributed by atoms with Crippen LogP contribution in [0.5, 0.6) is 0 Å². The van der Waals surface area contributed by atoms with Crippen LogP contribution in [0.25, 0.3) is 0 Å². The van der Waals surface area contributed by atoms with Crippen molar-refractivity contribution in [2.75, 3.05) is 45.7 Å². The lowest BCUT2D eigenvalue weighted by Crippen LogP contribution is -2.53. The molecule has 6 heteroatoms. The Balaban J connectivity index is 1.95. The van der Waals surface area contributed by atoms with Crippen molar-refractivity contribution in [3.63, 3.8) is 0 Å². The molecular formula is C17H26N4O2. The zero-order valence-corrected chi connectivity index (χ0v) is 14.0. The molecule has 2 N–H and O–H groups in total. The fraction of sp³-hybridized carbons (Fsp3) is 0.529. The summed E-state index contributed by atoms with van der Waals surface area (Å²) in [6.07, 6.45) is 5.23. The van der Waals surface area contributed by atoms with E-state index in [4.69, 9.17) is 4.74 Å². The number of hydrogen-bond donors (Lipinski definition) is 2. The van der Waals surface area contributed by atoms with E-state index in [0.29, 0.717) is 12.1 Å². The SMILES string of the molecule is C=CCNC(=O)c1ccc(NCC2(N(C)C)CCOCC2)nc1. The van der Waals surface area contributed by atoms with Crippen LogP contribution in [0, 0.1) is 0 Å². The van der Waals surface area contributed by atoms with Crippen LogP contribution in [0.4, 0.5) is 5.82 Å². The predicted molar refractivity (Wildman–Crippen MR) is 91.7 cm³/mol. The Labute approximate surface area is 137 Å². The van der Waals surface area contributed by atoms with Crippen LogP contribution in [0.3, 0.4) is 0 Å². The molecule has 0 aliphatic carbocycles. The van der Waals surface area contributed by atoms with Crippen LogP contribution in [-0.2, 0) is 4.74 Å². The van der Waals surface area contributed by atoms with Crippen molar-refractivity contribution in [2.45, 2.75) is 18.4 Å². The van der Waals surface area contributed by atoms with E-state index in [1.165, 1.54) is 0 Å². The number of anilines is 1. The lowest BCUT2D eigenvalue weighted by molar-refractivity contribution is -0.000665. The number of carbonyl (C=O) groups excluding carboxylic acids is 1. The third kappa shape index (κ3) is 4.53. The maximum Gasteiger partial charge on any atom is 0.253 e. The molecule has 1 saturated heterocycles. The Morgan fingerprint density at radius 2 is 2.17 bits per heavy atom. The molecule has 2 rings (SSSR count). The first-order chi connectivity index (χ1) is 11.1. The molecular weight excluding hydrogens is 292 g/mol. The quantitative estimate of drug-likeness (QED) is 0.746. The number of carbonyl (C=O) groups is 1. The van der Waals surface area contributed by atoms with E-state index in [1.807, 2.05) is 6.07 Å². The minimum atomic E-state index is -0.141. The molecule has 0 unspecified atom stereocenters. The molecule has 1 fully saturated rings. The van der Waals surface area contributed by atoms with Gasteiger partial charge in [-0.2, -0.15) is 0 Å². The number of aromatic nitrogens is 1. The molecule has 1 aliphatic heterocycles. The molecule has 1 amide bonds. The molecule has 1 aromatic heterocycles. The molecule has 0 atom stereocenters. The van der Waals surface area contributed by atoms with Gasteiger partial charge in [-0.05, 0) is 39.1 Å². The molecule has 1 aromatic rings. The number of hydrogen-bond acceptors (Lipinski definition) is 5. The molecule has 0 saturated carbocycles. The second-order valence-corrected chi connectivity index (χ2v) is 6.02. The minimum absolute atomic E-state index is 0.0833. The summed E-state index contributed by atoms with van der Waals surface area (Å²) >= 11 is 0. The van der Waals surface area contributed by atoms with Crippen molar-refractivity contribution in [1.82, 2.24) is 15.2 Å². The molecule has 0 bridgehead atoms. The van der Waals surface area contributed by atoms with Crippen molar-refractivity contribution < 1.29 is 9.53 Å². The van der Waals surface area contributed by atoms with Gasteiger partial charge in [0.2, 0.25) is 0 Å². The Morgan fingerprint density at radius 3 is 2.74 bits per heavy atom. The molecule has 1 aliphatic rings. The highest BCUT2D eigenvalue weighted by Crippen LogP contribution is 2.26. The van der Waals surface area contributed by atoms with Gasteiger partial charge in [0.25, 0.3) is 5.91 Å². The summed E-state index contributed by atoms with van der Waals surface area (Å²) in [4.78, 5) is 18.4. The van der Waals surface area contributed by atoms with Gasteiger partial charge in [-0.1, -0.05) is 6.08 Å². The third-order valence-corrected chi connectivity index (χ3v) is 4.40. The van der Waals surface area contributed by atoms with Gasteiger partial charge in [0.05, 0.1) is 5.56 Å². The number of amides is 1. The Kier molecular flexibility index (Phi) is 6.12. The number of nitrogens with one attached hydrogen (secondary N) is 2. The summed E-state index contributed by atoms with van der Waals surface area (Å²) in [6, 6.07) is 3.62. The highest BCUT2D eigenvalue weighted by molar-refractivity contribution is 5.94. The maximum absolute atomic E-state index is 11.8. The van der Waals surface area contributed by atoms with E-state index in [2.05, 4.69) is 41.2 Å². The number of pyridine rings is 1. The average Bonchev–Trinajstić information content (AvgIpc) is 2.59. The van der Waals surface area contributed by atoms with Crippen LogP contribution in [0.2, 0.25) is 0 Å². The monoisotopic (exact) mass is 318 g/mol. The summed E-state index contributed by atoms with van der Waals surface area (Å²) in [6.45, 7) is 6.41. The van der Waals surface area contributed by atoms with Crippen LogP contribution in [-0.4, -0.2) is 61.7 Å². The predicted octanol–water partition coefficient (Wildman–Crippen LogP) is 1.52. The first-order valence-corrected chi connectivity index (χ1v) is 7.91. The second-order valence-electron chi connectivity index (χ2n) is 6.02. The normalized spacial score (nSPS) is 16.8. The molecule has 6 nitrogen and oxygen atoms in total. The summed E-state index contributed by atoms with van der Waals surface area (Å²) in [5.41, 5.74) is 0.630. The van der Waals surface area contributed by atoms with Gasteiger partial charge in [0.1, 0.15) is 5.82 Å². The standard InChI is InChI=1S/C17H26N4O2/c1-4-9-18-16(22)14-5-6-15(19-12-14)20-13-17(21(2)3)7-10-23-11-8-17/h4-6,12H,1,7-11,13H2,2-3H3,(H,18,22)(H,19,20). The zero-order valence-electron chi connectivity index (χ0n) is 14.0. The topological polar surface area (TPSA) is 66.5 Å². The van der Waals surface area contributed by atoms with E-state index < -0.39 is 0 Å². The first kappa shape index (κ1) is 17.4. The highest BCUT2D eigenvalue weighted by atomic mass is 16.5. The lowest BCUT2D eigenvalue weighted by atomic mass is 9.88. The van der Waals surface area contributed by atoms with Gasteiger partial charge in [-0.3, -0.25) is 4.79 Å². The van der Waals surface area contributed by atoms with Crippen LogP contribution >= 0.6 is 0 Å². The van der Waals surface area contributed by atoms with E-state index >= 15 is 0 Å². The third-order valence-electron chi connectivity index (χ3n) is 4.40. The summed E-state index contributed by atoms with van der Waals surface area (Å²) in [7, 11) is 4.21.